The zero-order valence-electron chi connectivity index (χ0n) is 8.30. The molecule has 0 fully saturated rings. The van der Waals surface area contributed by atoms with Gasteiger partial charge in [0.2, 0.25) is 0 Å². The molecule has 0 radical (unpaired) electrons. The minimum atomic E-state index is -1.37. The molecule has 3 atom stereocenters. The van der Waals surface area contributed by atoms with Crippen molar-refractivity contribution in [2.75, 3.05) is 13.2 Å². The van der Waals surface area contributed by atoms with Gasteiger partial charge in [-0.25, -0.2) is 0 Å². The fourth-order valence-corrected chi connectivity index (χ4v) is 0.909. The number of hydrogen-bond donors (Lipinski definition) is 3. The number of rotatable bonds is 8. The van der Waals surface area contributed by atoms with E-state index >= 15 is 0 Å². The van der Waals surface area contributed by atoms with Crippen LogP contribution in [-0.4, -0.2) is 53.1 Å². The molecule has 0 aliphatic rings. The van der Waals surface area contributed by atoms with Gasteiger partial charge in [0.1, 0.15) is 18.3 Å². The fourth-order valence-electron chi connectivity index (χ4n) is 0.909. The first-order valence-corrected chi connectivity index (χ1v) is 4.71. The third kappa shape index (κ3) is 4.66. The second kappa shape index (κ2) is 7.87. The van der Waals surface area contributed by atoms with Crippen LogP contribution in [0.4, 0.5) is 0 Å². The molecule has 0 bridgehead atoms. The van der Waals surface area contributed by atoms with Crippen molar-refractivity contribution in [1.29, 1.82) is 0 Å². The maximum atomic E-state index is 10.5. The summed E-state index contributed by atoms with van der Waals surface area (Å²) >= 11 is 0. The molecule has 0 rings (SSSR count). The average Bonchev–Trinajstić information content (AvgIpc) is 2.22. The van der Waals surface area contributed by atoms with E-state index in [1.807, 2.05) is 6.92 Å². The third-order valence-corrected chi connectivity index (χ3v) is 1.86. The lowest BCUT2D eigenvalue weighted by molar-refractivity contribution is -0.136. The molecule has 0 aliphatic heterocycles. The Labute approximate surface area is 83.3 Å². The molecule has 0 amide bonds. The molecule has 84 valence electrons. The second-order valence-electron chi connectivity index (χ2n) is 3.07. The van der Waals surface area contributed by atoms with E-state index in [2.05, 4.69) is 0 Å². The van der Waals surface area contributed by atoms with Crippen LogP contribution in [-0.2, 0) is 9.53 Å². The maximum absolute atomic E-state index is 10.5. The molecular weight excluding hydrogens is 188 g/mol. The predicted molar refractivity (Wildman–Crippen MR) is 49.8 cm³/mol. The molecule has 0 saturated heterocycles. The van der Waals surface area contributed by atoms with Gasteiger partial charge in [-0.2, -0.15) is 0 Å². The monoisotopic (exact) mass is 206 g/mol. The Morgan fingerprint density at radius 3 is 2.50 bits per heavy atom. The Bertz CT molecular complexity index is 150. The number of ether oxygens (including phenoxy) is 1. The summed E-state index contributed by atoms with van der Waals surface area (Å²) in [5.41, 5.74) is 0. The zero-order valence-corrected chi connectivity index (χ0v) is 8.30. The van der Waals surface area contributed by atoms with Crippen molar-refractivity contribution in [3.05, 3.63) is 0 Å². The van der Waals surface area contributed by atoms with E-state index in [-0.39, 0.29) is 0 Å². The Balaban J connectivity index is 3.92. The highest BCUT2D eigenvalue weighted by Crippen LogP contribution is 2.03. The molecule has 0 spiro atoms. The fraction of sp³-hybridized carbons (Fsp3) is 0.889. The zero-order chi connectivity index (χ0) is 11.0. The van der Waals surface area contributed by atoms with Crippen LogP contribution in [0.3, 0.4) is 0 Å². The molecule has 0 heterocycles. The van der Waals surface area contributed by atoms with Crippen LogP contribution in [0.1, 0.15) is 19.8 Å². The maximum Gasteiger partial charge on any atom is 0.151 e. The lowest BCUT2D eigenvalue weighted by atomic mass is 10.1. The van der Waals surface area contributed by atoms with Gasteiger partial charge >= 0.3 is 0 Å². The van der Waals surface area contributed by atoms with E-state index in [1.165, 1.54) is 0 Å². The highest BCUT2D eigenvalue weighted by Gasteiger charge is 2.25. The van der Waals surface area contributed by atoms with Gasteiger partial charge < -0.3 is 24.9 Å². The number of aliphatic hydroxyl groups is 3. The number of carbonyl (C=O) groups excluding carboxylic acids is 1. The van der Waals surface area contributed by atoms with Crippen LogP contribution in [0, 0.1) is 0 Å². The third-order valence-electron chi connectivity index (χ3n) is 1.86. The van der Waals surface area contributed by atoms with Gasteiger partial charge in [0.15, 0.2) is 6.29 Å². The highest BCUT2D eigenvalue weighted by atomic mass is 16.5. The Morgan fingerprint density at radius 1 is 1.43 bits per heavy atom. The summed E-state index contributed by atoms with van der Waals surface area (Å²) in [7, 11) is 0. The molecule has 0 saturated carbocycles. The van der Waals surface area contributed by atoms with Gasteiger partial charge in [0.05, 0.1) is 6.61 Å². The molecule has 0 unspecified atom stereocenters. The van der Waals surface area contributed by atoms with Crippen molar-refractivity contribution < 1.29 is 24.9 Å². The lowest BCUT2D eigenvalue weighted by Crippen LogP contribution is -2.42. The lowest BCUT2D eigenvalue weighted by Gasteiger charge is -2.21. The Kier molecular flexibility index (Phi) is 7.60. The summed E-state index contributed by atoms with van der Waals surface area (Å²) in [6.45, 7) is 1.73. The quantitative estimate of drug-likeness (QED) is 0.353. The summed E-state index contributed by atoms with van der Waals surface area (Å²) in [5.74, 6) is 0. The van der Waals surface area contributed by atoms with E-state index in [9.17, 15) is 9.90 Å². The van der Waals surface area contributed by atoms with Gasteiger partial charge in [-0.15, -0.1) is 0 Å². The number of aliphatic hydroxyl groups excluding tert-OH is 3. The van der Waals surface area contributed by atoms with Crippen molar-refractivity contribution in [2.45, 2.75) is 38.1 Å². The van der Waals surface area contributed by atoms with E-state index < -0.39 is 24.9 Å². The van der Waals surface area contributed by atoms with Crippen molar-refractivity contribution in [3.63, 3.8) is 0 Å². The molecule has 0 aromatic heterocycles. The van der Waals surface area contributed by atoms with Crippen LogP contribution >= 0.6 is 0 Å². The number of hydrogen-bond acceptors (Lipinski definition) is 5. The van der Waals surface area contributed by atoms with Crippen molar-refractivity contribution in [1.82, 2.24) is 0 Å². The van der Waals surface area contributed by atoms with Crippen LogP contribution in [0.15, 0.2) is 0 Å². The number of carbonyl (C=O) groups is 1. The van der Waals surface area contributed by atoms with Crippen LogP contribution in [0.25, 0.3) is 0 Å². The van der Waals surface area contributed by atoms with Gasteiger partial charge in [-0.3, -0.25) is 0 Å². The SMILES string of the molecule is CCCCO[C@@H](C=O)[C@H](O)[C@H](O)CO. The first-order chi connectivity index (χ1) is 6.67. The van der Waals surface area contributed by atoms with E-state index in [0.29, 0.717) is 12.9 Å². The van der Waals surface area contributed by atoms with Crippen LogP contribution in [0.5, 0.6) is 0 Å². The Morgan fingerprint density at radius 2 is 2.07 bits per heavy atom. The summed E-state index contributed by atoms with van der Waals surface area (Å²) in [5, 5.41) is 26.9. The van der Waals surface area contributed by atoms with Crippen molar-refractivity contribution in [2.24, 2.45) is 0 Å². The molecule has 0 aromatic carbocycles. The first kappa shape index (κ1) is 13.5. The molecule has 5 nitrogen and oxygen atoms in total. The van der Waals surface area contributed by atoms with Gasteiger partial charge in [-0.05, 0) is 6.42 Å². The summed E-state index contributed by atoms with van der Waals surface area (Å²) < 4.78 is 5.03. The van der Waals surface area contributed by atoms with Crippen LogP contribution in [0.2, 0.25) is 0 Å². The number of aldehydes is 1. The summed E-state index contributed by atoms with van der Waals surface area (Å²) in [4.78, 5) is 10.5. The molecular formula is C9H18O5. The van der Waals surface area contributed by atoms with Gasteiger partial charge in [-0.1, -0.05) is 13.3 Å². The van der Waals surface area contributed by atoms with Gasteiger partial charge in [0.25, 0.3) is 0 Å². The molecule has 3 N–H and O–H groups in total. The number of unbranched alkanes of at least 4 members (excludes halogenated alkanes) is 1. The van der Waals surface area contributed by atoms with Crippen molar-refractivity contribution >= 4 is 6.29 Å². The molecule has 14 heavy (non-hydrogen) atoms. The minimum absolute atomic E-state index is 0.356. The largest absolute Gasteiger partial charge is 0.394 e. The average molecular weight is 206 g/mol. The predicted octanol–water partition coefficient (Wildman–Crippen LogP) is -0.915. The Hall–Kier alpha value is -0.490. The van der Waals surface area contributed by atoms with Gasteiger partial charge in [0, 0.05) is 6.61 Å². The smallest absolute Gasteiger partial charge is 0.151 e. The second-order valence-corrected chi connectivity index (χ2v) is 3.07. The van der Waals surface area contributed by atoms with E-state index in [4.69, 9.17) is 14.9 Å². The molecule has 5 heteroatoms. The first-order valence-electron chi connectivity index (χ1n) is 4.71. The summed E-state index contributed by atoms with van der Waals surface area (Å²) in [6, 6.07) is 0. The molecule has 0 aliphatic carbocycles. The summed E-state index contributed by atoms with van der Waals surface area (Å²) in [6.07, 6.45) is -1.64. The topological polar surface area (TPSA) is 87.0 Å². The van der Waals surface area contributed by atoms with E-state index in [0.717, 1.165) is 12.8 Å². The standard InChI is InChI=1S/C9H18O5/c1-2-3-4-14-8(6-11)9(13)7(12)5-10/h6-10,12-13H,2-5H2,1H3/t7-,8+,9-/m1/s1. The highest BCUT2D eigenvalue weighted by molar-refractivity contribution is 5.57. The van der Waals surface area contributed by atoms with Crippen LogP contribution < -0.4 is 0 Å². The van der Waals surface area contributed by atoms with E-state index in [1.54, 1.807) is 0 Å². The normalized spacial score (nSPS) is 17.4. The minimum Gasteiger partial charge on any atom is -0.394 e. The van der Waals surface area contributed by atoms with Crippen molar-refractivity contribution in [3.8, 4) is 0 Å². The molecule has 0 aromatic rings.